The summed E-state index contributed by atoms with van der Waals surface area (Å²) >= 11 is 0. The van der Waals surface area contributed by atoms with Crippen molar-refractivity contribution in [3.05, 3.63) is 90.4 Å². The zero-order valence-corrected chi connectivity index (χ0v) is 14.0. The molecule has 1 aromatic heterocycles. The highest BCUT2D eigenvalue weighted by Gasteiger charge is 2.12. The molecule has 5 heteroatoms. The fourth-order valence-corrected chi connectivity index (χ4v) is 2.96. The Morgan fingerprint density at radius 3 is 2.50 bits per heavy atom. The molecule has 4 aromatic rings. The molecule has 0 saturated carbocycles. The van der Waals surface area contributed by atoms with Crippen LogP contribution in [-0.4, -0.2) is 16.3 Å². The molecule has 130 valence electrons. The topological polar surface area (TPSA) is 53.1 Å². The number of ether oxygens (including phenoxy) is 1. The van der Waals surface area contributed by atoms with Crippen molar-refractivity contribution in [1.29, 1.82) is 0 Å². The highest BCUT2D eigenvalue weighted by atomic mass is 19.1. The van der Waals surface area contributed by atoms with E-state index in [4.69, 9.17) is 10.5 Å². The summed E-state index contributed by atoms with van der Waals surface area (Å²) < 4.78 is 21.0. The Labute approximate surface area is 150 Å². The van der Waals surface area contributed by atoms with Crippen molar-refractivity contribution in [3.8, 4) is 11.4 Å². The fraction of sp³-hybridized carbons (Fsp3) is 0.0952. The maximum Gasteiger partial charge on any atom is 0.136 e. The van der Waals surface area contributed by atoms with Crippen molar-refractivity contribution in [2.75, 3.05) is 6.54 Å². The van der Waals surface area contributed by atoms with Crippen molar-refractivity contribution in [2.24, 2.45) is 5.73 Å². The normalized spacial score (nSPS) is 12.2. The third-order valence-electron chi connectivity index (χ3n) is 4.27. The number of halogens is 1. The summed E-state index contributed by atoms with van der Waals surface area (Å²) in [5.74, 6) is 0.463. The van der Waals surface area contributed by atoms with Crippen LogP contribution in [0.15, 0.2) is 79.0 Å². The van der Waals surface area contributed by atoms with E-state index in [2.05, 4.69) is 5.10 Å². The quantitative estimate of drug-likeness (QED) is 0.587. The van der Waals surface area contributed by atoms with E-state index in [0.29, 0.717) is 6.54 Å². The van der Waals surface area contributed by atoms with Gasteiger partial charge in [-0.2, -0.15) is 5.10 Å². The van der Waals surface area contributed by atoms with Crippen LogP contribution in [0.1, 0.15) is 11.7 Å². The molecule has 0 aliphatic heterocycles. The van der Waals surface area contributed by atoms with Crippen LogP contribution in [0, 0.1) is 5.82 Å². The van der Waals surface area contributed by atoms with Gasteiger partial charge >= 0.3 is 0 Å². The first-order chi connectivity index (χ1) is 12.7. The van der Waals surface area contributed by atoms with Gasteiger partial charge in [0, 0.05) is 11.9 Å². The van der Waals surface area contributed by atoms with E-state index in [1.807, 2.05) is 48.5 Å². The average molecular weight is 347 g/mol. The Bertz CT molecular complexity index is 1010. The van der Waals surface area contributed by atoms with Gasteiger partial charge in [0.2, 0.25) is 0 Å². The van der Waals surface area contributed by atoms with Gasteiger partial charge in [-0.25, -0.2) is 9.07 Å². The molecule has 0 radical (unpaired) electrons. The second kappa shape index (κ2) is 6.98. The lowest BCUT2D eigenvalue weighted by molar-refractivity contribution is 0.214. The van der Waals surface area contributed by atoms with Gasteiger partial charge in [0.1, 0.15) is 17.7 Å². The molecule has 1 heterocycles. The number of fused-ring (bicyclic) bond motifs is 1. The van der Waals surface area contributed by atoms with Crippen LogP contribution in [0.5, 0.6) is 5.75 Å². The van der Waals surface area contributed by atoms with Gasteiger partial charge in [-0.15, -0.1) is 0 Å². The number of nitrogens with two attached hydrogens (primary N) is 1. The van der Waals surface area contributed by atoms with Crippen LogP contribution in [-0.2, 0) is 0 Å². The van der Waals surface area contributed by atoms with Crippen molar-refractivity contribution in [3.63, 3.8) is 0 Å². The minimum atomic E-state index is -0.269. The van der Waals surface area contributed by atoms with Gasteiger partial charge in [-0.3, -0.25) is 0 Å². The number of aromatic nitrogens is 2. The fourth-order valence-electron chi connectivity index (χ4n) is 2.96. The molecule has 0 bridgehead atoms. The third-order valence-corrected chi connectivity index (χ3v) is 4.27. The lowest BCUT2D eigenvalue weighted by Crippen LogP contribution is -2.18. The molecule has 0 aliphatic carbocycles. The summed E-state index contributed by atoms with van der Waals surface area (Å²) in [5.41, 5.74) is 8.65. The molecule has 3 aromatic carbocycles. The number of nitrogens with zero attached hydrogens (tertiary/aromatic N) is 2. The Hall–Kier alpha value is -3.18. The first-order valence-electron chi connectivity index (χ1n) is 8.40. The van der Waals surface area contributed by atoms with Gasteiger partial charge in [0.25, 0.3) is 0 Å². The standard InChI is InChI=1S/C21H18FN3O/c22-17-6-8-18(9-7-17)25-20-11-10-19(12-16(20)14-24-25)26-21(13-23)15-4-2-1-3-5-15/h1-12,14,21H,13,23H2. The summed E-state index contributed by atoms with van der Waals surface area (Å²) in [6.45, 7) is 0.386. The first-order valence-corrected chi connectivity index (χ1v) is 8.40. The van der Waals surface area contributed by atoms with Crippen molar-refractivity contribution in [2.45, 2.75) is 6.10 Å². The van der Waals surface area contributed by atoms with Crippen molar-refractivity contribution in [1.82, 2.24) is 9.78 Å². The van der Waals surface area contributed by atoms with E-state index in [-0.39, 0.29) is 11.9 Å². The number of hydrogen-bond donors (Lipinski definition) is 1. The molecular weight excluding hydrogens is 329 g/mol. The predicted molar refractivity (Wildman–Crippen MR) is 99.9 cm³/mol. The maximum atomic E-state index is 13.1. The molecule has 1 atom stereocenters. The molecule has 0 aliphatic rings. The molecule has 1 unspecified atom stereocenters. The monoisotopic (exact) mass is 347 g/mol. The van der Waals surface area contributed by atoms with Crippen LogP contribution < -0.4 is 10.5 Å². The highest BCUT2D eigenvalue weighted by Crippen LogP contribution is 2.26. The molecule has 0 fully saturated rings. The lowest BCUT2D eigenvalue weighted by atomic mass is 10.1. The summed E-state index contributed by atoms with van der Waals surface area (Å²) in [6, 6.07) is 21.9. The Morgan fingerprint density at radius 2 is 1.77 bits per heavy atom. The smallest absolute Gasteiger partial charge is 0.136 e. The van der Waals surface area contributed by atoms with Gasteiger partial charge < -0.3 is 10.5 Å². The van der Waals surface area contributed by atoms with E-state index < -0.39 is 0 Å². The lowest BCUT2D eigenvalue weighted by Gasteiger charge is -2.18. The second-order valence-electron chi connectivity index (χ2n) is 6.01. The summed E-state index contributed by atoms with van der Waals surface area (Å²) in [6.07, 6.45) is 1.56. The Balaban J connectivity index is 1.63. The summed E-state index contributed by atoms with van der Waals surface area (Å²) in [7, 11) is 0. The molecule has 26 heavy (non-hydrogen) atoms. The van der Waals surface area contributed by atoms with Crippen LogP contribution in [0.4, 0.5) is 4.39 Å². The highest BCUT2D eigenvalue weighted by molar-refractivity contribution is 5.81. The minimum absolute atomic E-state index is 0.208. The van der Waals surface area contributed by atoms with E-state index in [0.717, 1.165) is 27.9 Å². The Kier molecular flexibility index (Phi) is 4.37. The predicted octanol–water partition coefficient (Wildman–Crippen LogP) is 4.24. The Morgan fingerprint density at radius 1 is 1.00 bits per heavy atom. The molecule has 2 N–H and O–H groups in total. The third kappa shape index (κ3) is 3.17. The van der Waals surface area contributed by atoms with Crippen molar-refractivity contribution >= 4 is 10.9 Å². The molecule has 4 nitrogen and oxygen atoms in total. The summed E-state index contributed by atoms with van der Waals surface area (Å²) in [5, 5.41) is 5.35. The number of rotatable bonds is 5. The zero-order valence-electron chi connectivity index (χ0n) is 14.0. The largest absolute Gasteiger partial charge is 0.484 e. The summed E-state index contributed by atoms with van der Waals surface area (Å²) in [4.78, 5) is 0. The van der Waals surface area contributed by atoms with E-state index in [1.165, 1.54) is 12.1 Å². The number of benzene rings is 3. The van der Waals surface area contributed by atoms with Gasteiger partial charge in [0.15, 0.2) is 0 Å². The first kappa shape index (κ1) is 16.3. The SMILES string of the molecule is NCC(Oc1ccc2c(cnn2-c2ccc(F)cc2)c1)c1ccccc1. The minimum Gasteiger partial charge on any atom is -0.484 e. The molecule has 4 rings (SSSR count). The van der Waals surface area contributed by atoms with Crippen LogP contribution in [0.25, 0.3) is 16.6 Å². The van der Waals surface area contributed by atoms with Gasteiger partial charge in [0.05, 0.1) is 17.4 Å². The van der Waals surface area contributed by atoms with Crippen molar-refractivity contribution < 1.29 is 9.13 Å². The van der Waals surface area contributed by atoms with E-state index in [9.17, 15) is 4.39 Å². The van der Waals surface area contributed by atoms with Crippen LogP contribution >= 0.6 is 0 Å². The van der Waals surface area contributed by atoms with Crippen LogP contribution in [0.3, 0.4) is 0 Å². The average Bonchev–Trinajstić information content (AvgIpc) is 3.10. The van der Waals surface area contributed by atoms with E-state index >= 15 is 0 Å². The molecule has 0 saturated heterocycles. The number of hydrogen-bond acceptors (Lipinski definition) is 3. The zero-order chi connectivity index (χ0) is 17.9. The second-order valence-corrected chi connectivity index (χ2v) is 6.01. The van der Waals surface area contributed by atoms with Gasteiger partial charge in [-0.1, -0.05) is 30.3 Å². The van der Waals surface area contributed by atoms with Gasteiger partial charge in [-0.05, 0) is 48.0 Å². The molecular formula is C21H18FN3O. The molecule has 0 spiro atoms. The van der Waals surface area contributed by atoms with E-state index in [1.54, 1.807) is 23.0 Å². The van der Waals surface area contributed by atoms with Crippen LogP contribution in [0.2, 0.25) is 0 Å². The maximum absolute atomic E-state index is 13.1. The molecule has 0 amide bonds.